The van der Waals surface area contributed by atoms with Crippen LogP contribution in [0.1, 0.15) is 39.9 Å². The number of hydrogen-bond acceptors (Lipinski definition) is 5. The van der Waals surface area contributed by atoms with Crippen molar-refractivity contribution in [2.24, 2.45) is 0 Å². The molecule has 5 nitrogen and oxygen atoms in total. The normalized spacial score (nSPS) is 20.6. The summed E-state index contributed by atoms with van der Waals surface area (Å²) in [6.07, 6.45) is 2.85. The SMILES string of the molecule is COc1ccc2c(c1OC)C(Cc1ccc([125I])cc1)N1CCc3cc4c(cc3C1C2)OCO4. The molecule has 0 saturated heterocycles. The van der Waals surface area contributed by atoms with Crippen LogP contribution in [0.25, 0.3) is 0 Å². The summed E-state index contributed by atoms with van der Waals surface area (Å²) in [7, 11) is 3.46. The van der Waals surface area contributed by atoms with Crippen LogP contribution in [0.5, 0.6) is 23.0 Å². The second-order valence-electron chi connectivity index (χ2n) is 8.83. The molecule has 0 N–H and O–H groups in total. The number of ether oxygens (including phenoxy) is 4. The van der Waals surface area contributed by atoms with E-state index in [0.717, 1.165) is 48.8 Å². The molecule has 6 rings (SSSR count). The Kier molecular flexibility index (Phi) is 5.37. The standard InChI is InChI=1S/C27H26INO4/c1-30-23-8-5-18-12-21-20-14-25-24(32-15-33-25)13-17(20)9-10-29(21)22(26(18)27(23)31-2)11-16-3-6-19(28)7-4-16/h3-8,13-14,21-22H,9-12,15H2,1-2H3/i28-2. The van der Waals surface area contributed by atoms with Crippen LogP contribution in [-0.4, -0.2) is 32.5 Å². The average molecular weight is 553 g/mol. The van der Waals surface area contributed by atoms with Crippen molar-refractivity contribution in [3.8, 4) is 23.0 Å². The van der Waals surface area contributed by atoms with Crippen LogP contribution < -0.4 is 18.9 Å². The average Bonchev–Trinajstić information content (AvgIpc) is 3.30. The largest absolute Gasteiger partial charge is 0.493 e. The zero-order valence-corrected chi connectivity index (χ0v) is 20.9. The molecule has 3 aromatic rings. The number of fused-ring (bicyclic) bond motifs is 5. The summed E-state index contributed by atoms with van der Waals surface area (Å²) in [5.41, 5.74) is 6.65. The molecule has 0 amide bonds. The second-order valence-corrected chi connectivity index (χ2v) is 10.1. The van der Waals surface area contributed by atoms with Gasteiger partial charge in [0.2, 0.25) is 6.79 Å². The molecule has 2 unspecified atom stereocenters. The molecule has 0 radical (unpaired) electrons. The second kappa shape index (κ2) is 8.40. The summed E-state index contributed by atoms with van der Waals surface area (Å²) >= 11 is 2.36. The molecule has 0 aromatic heterocycles. The van der Waals surface area contributed by atoms with Crippen molar-refractivity contribution in [3.05, 3.63) is 79.9 Å². The molecular weight excluding hydrogens is 527 g/mol. The maximum atomic E-state index is 5.94. The van der Waals surface area contributed by atoms with E-state index in [4.69, 9.17) is 18.9 Å². The predicted octanol–water partition coefficient (Wildman–Crippen LogP) is 5.48. The molecule has 0 bridgehead atoms. The Morgan fingerprint density at radius 1 is 0.970 bits per heavy atom. The van der Waals surface area contributed by atoms with E-state index >= 15 is 0 Å². The molecule has 3 aromatic carbocycles. The highest BCUT2D eigenvalue weighted by atomic mass is 125. The van der Waals surface area contributed by atoms with E-state index in [1.165, 1.54) is 31.4 Å². The topological polar surface area (TPSA) is 40.2 Å². The van der Waals surface area contributed by atoms with Crippen LogP contribution in [0.15, 0.2) is 48.5 Å². The number of rotatable bonds is 4. The Bertz CT molecular complexity index is 1210. The Morgan fingerprint density at radius 3 is 2.52 bits per heavy atom. The van der Waals surface area contributed by atoms with Crippen molar-refractivity contribution in [1.82, 2.24) is 4.90 Å². The first-order chi connectivity index (χ1) is 16.2. The Morgan fingerprint density at radius 2 is 1.76 bits per heavy atom. The molecule has 3 aliphatic rings. The van der Waals surface area contributed by atoms with Gasteiger partial charge in [-0.15, -0.1) is 0 Å². The minimum absolute atomic E-state index is 0.197. The zero-order chi connectivity index (χ0) is 22.5. The van der Waals surface area contributed by atoms with Gasteiger partial charge in [-0.1, -0.05) is 18.2 Å². The van der Waals surface area contributed by atoms with Crippen molar-refractivity contribution in [2.45, 2.75) is 31.3 Å². The fraction of sp³-hybridized carbons (Fsp3) is 0.333. The molecule has 0 aliphatic carbocycles. The third-order valence-corrected chi connectivity index (χ3v) is 7.92. The third-order valence-electron chi connectivity index (χ3n) is 7.20. The van der Waals surface area contributed by atoms with Gasteiger partial charge in [-0.25, -0.2) is 0 Å². The van der Waals surface area contributed by atoms with Gasteiger partial charge < -0.3 is 18.9 Å². The Balaban J connectivity index is 1.48. The maximum Gasteiger partial charge on any atom is 0.231 e. The lowest BCUT2D eigenvalue weighted by Crippen LogP contribution is -2.43. The van der Waals surface area contributed by atoms with E-state index in [2.05, 4.69) is 70.0 Å². The number of hydrogen-bond donors (Lipinski definition) is 0. The number of benzene rings is 3. The first-order valence-corrected chi connectivity index (χ1v) is 12.4. The number of nitrogens with zero attached hydrogens (tertiary/aromatic N) is 1. The first kappa shape index (κ1) is 21.1. The minimum atomic E-state index is 0.197. The van der Waals surface area contributed by atoms with Crippen molar-refractivity contribution in [3.63, 3.8) is 0 Å². The van der Waals surface area contributed by atoms with Crippen LogP contribution in [0.4, 0.5) is 0 Å². The molecule has 3 heterocycles. The van der Waals surface area contributed by atoms with E-state index in [1.54, 1.807) is 14.2 Å². The highest BCUT2D eigenvalue weighted by Crippen LogP contribution is 2.51. The first-order valence-electron chi connectivity index (χ1n) is 11.3. The molecule has 0 saturated carbocycles. The van der Waals surface area contributed by atoms with Crippen molar-refractivity contribution < 1.29 is 18.9 Å². The van der Waals surface area contributed by atoms with Crippen LogP contribution in [-0.2, 0) is 19.3 Å². The van der Waals surface area contributed by atoms with Crippen molar-refractivity contribution >= 4 is 22.6 Å². The molecule has 0 spiro atoms. The lowest BCUT2D eigenvalue weighted by Gasteiger charge is -2.47. The molecule has 33 heavy (non-hydrogen) atoms. The Hall–Kier alpha value is -2.45. The maximum absolute atomic E-state index is 5.94. The Labute approximate surface area is 207 Å². The van der Waals surface area contributed by atoms with E-state index in [1.807, 2.05) is 6.07 Å². The third kappa shape index (κ3) is 3.54. The quantitative estimate of drug-likeness (QED) is 0.401. The van der Waals surface area contributed by atoms with Gasteiger partial charge in [0, 0.05) is 27.8 Å². The van der Waals surface area contributed by atoms with Gasteiger partial charge in [-0.3, -0.25) is 4.90 Å². The molecule has 170 valence electrons. The summed E-state index contributed by atoms with van der Waals surface area (Å²) in [6.45, 7) is 1.30. The summed E-state index contributed by atoms with van der Waals surface area (Å²) < 4.78 is 24.3. The van der Waals surface area contributed by atoms with E-state index in [0.29, 0.717) is 12.8 Å². The minimum Gasteiger partial charge on any atom is -0.493 e. The van der Waals surface area contributed by atoms with Crippen LogP contribution in [0.3, 0.4) is 0 Å². The number of halogens is 1. The molecule has 3 aliphatic heterocycles. The van der Waals surface area contributed by atoms with E-state index < -0.39 is 0 Å². The van der Waals surface area contributed by atoms with Gasteiger partial charge in [-0.2, -0.15) is 0 Å². The lowest BCUT2D eigenvalue weighted by molar-refractivity contribution is 0.103. The monoisotopic (exact) mass is 553 g/mol. The molecule has 0 fully saturated rings. The van der Waals surface area contributed by atoms with Crippen LogP contribution >= 0.6 is 22.6 Å². The molecule has 2 atom stereocenters. The van der Waals surface area contributed by atoms with Crippen LogP contribution in [0, 0.1) is 3.57 Å². The zero-order valence-electron chi connectivity index (χ0n) is 18.8. The van der Waals surface area contributed by atoms with E-state index in [9.17, 15) is 0 Å². The van der Waals surface area contributed by atoms with Gasteiger partial charge in [0.15, 0.2) is 23.0 Å². The smallest absolute Gasteiger partial charge is 0.231 e. The highest BCUT2D eigenvalue weighted by molar-refractivity contribution is 14.1. The highest BCUT2D eigenvalue weighted by Gasteiger charge is 2.41. The summed E-state index contributed by atoms with van der Waals surface area (Å²) in [6, 6.07) is 18.0. The van der Waals surface area contributed by atoms with Crippen molar-refractivity contribution in [1.29, 1.82) is 0 Å². The van der Waals surface area contributed by atoms with Gasteiger partial charge in [0.1, 0.15) is 0 Å². The summed E-state index contributed by atoms with van der Waals surface area (Å²) in [5, 5.41) is 0. The molecular formula is C27H26INO4. The van der Waals surface area contributed by atoms with E-state index in [-0.39, 0.29) is 6.04 Å². The van der Waals surface area contributed by atoms with Gasteiger partial charge in [0.25, 0.3) is 0 Å². The lowest BCUT2D eigenvalue weighted by atomic mass is 9.78. The predicted molar refractivity (Wildman–Crippen MR) is 135 cm³/mol. The fourth-order valence-corrected chi connectivity index (χ4v) is 6.04. The number of methoxy groups -OCH3 is 2. The van der Waals surface area contributed by atoms with Crippen LogP contribution in [0.2, 0.25) is 0 Å². The fourth-order valence-electron chi connectivity index (χ4n) is 5.68. The van der Waals surface area contributed by atoms with Gasteiger partial charge in [0.05, 0.1) is 14.2 Å². The van der Waals surface area contributed by atoms with Gasteiger partial charge >= 0.3 is 0 Å². The van der Waals surface area contributed by atoms with Gasteiger partial charge in [-0.05, 0) is 94.4 Å². The summed E-state index contributed by atoms with van der Waals surface area (Å²) in [4.78, 5) is 2.66. The summed E-state index contributed by atoms with van der Waals surface area (Å²) in [5.74, 6) is 3.40. The molecule has 6 heteroatoms. The van der Waals surface area contributed by atoms with Crippen molar-refractivity contribution in [2.75, 3.05) is 27.6 Å².